The summed E-state index contributed by atoms with van der Waals surface area (Å²) in [5.74, 6) is 0.575. The van der Waals surface area contributed by atoms with Crippen LogP contribution in [0.15, 0.2) is 101 Å². The SMILES string of the molecule is CCOc1ccc([C@@H]2C(C(=O)OC)=CN=c3s/c(=C/c4cn(Cc5ccccc5)c5ccccc45)c(=O)n32)cc1OCC. The lowest BCUT2D eigenvalue weighted by Gasteiger charge is -2.23. The Bertz CT molecular complexity index is 2020. The van der Waals surface area contributed by atoms with Crippen molar-refractivity contribution in [3.8, 4) is 11.5 Å². The van der Waals surface area contributed by atoms with Crippen molar-refractivity contribution in [2.75, 3.05) is 20.3 Å². The molecule has 1 aliphatic rings. The maximum absolute atomic E-state index is 14.1. The summed E-state index contributed by atoms with van der Waals surface area (Å²) in [6.07, 6.45) is 5.48. The molecule has 0 fully saturated rings. The lowest BCUT2D eigenvalue weighted by atomic mass is 9.97. The third-order valence-corrected chi connectivity index (χ3v) is 8.31. The molecule has 8 nitrogen and oxygen atoms in total. The number of fused-ring (bicyclic) bond motifs is 2. The zero-order valence-electron chi connectivity index (χ0n) is 24.2. The van der Waals surface area contributed by atoms with Crippen molar-refractivity contribution in [2.24, 2.45) is 4.99 Å². The first-order chi connectivity index (χ1) is 21.0. The summed E-state index contributed by atoms with van der Waals surface area (Å²) in [6.45, 7) is 5.41. The summed E-state index contributed by atoms with van der Waals surface area (Å²) in [7, 11) is 1.32. The van der Waals surface area contributed by atoms with Crippen molar-refractivity contribution in [1.29, 1.82) is 0 Å². The number of carbonyl (C=O) groups is 1. The fraction of sp³-hybridized carbons (Fsp3) is 0.206. The molecule has 0 amide bonds. The molecule has 3 heterocycles. The van der Waals surface area contributed by atoms with Crippen LogP contribution in [0, 0.1) is 0 Å². The Labute approximate surface area is 252 Å². The van der Waals surface area contributed by atoms with Gasteiger partial charge in [-0.05, 0) is 49.2 Å². The van der Waals surface area contributed by atoms with E-state index in [4.69, 9.17) is 14.2 Å². The van der Waals surface area contributed by atoms with Crippen LogP contribution in [0.1, 0.15) is 36.6 Å². The standard InChI is InChI=1S/C34H31N3O5S/c1-4-41-28-16-15-23(17-29(28)42-5-2)31-26(33(39)40-3)19-35-34-37(31)32(38)30(43-34)18-24-21-36(20-22-11-7-6-8-12-22)27-14-10-9-13-25(24)27/h6-19,21,31H,4-5,20H2,1-3H3/b30-18+/t31-/m1/s1. The van der Waals surface area contributed by atoms with Crippen LogP contribution >= 0.6 is 11.3 Å². The van der Waals surface area contributed by atoms with E-state index in [2.05, 4.69) is 40.0 Å². The molecule has 2 aromatic heterocycles. The van der Waals surface area contributed by atoms with Crippen LogP contribution in [0.2, 0.25) is 0 Å². The van der Waals surface area contributed by atoms with Crippen molar-refractivity contribution >= 4 is 34.3 Å². The number of benzene rings is 3. The molecule has 0 spiro atoms. The molecular formula is C34H31N3O5S. The highest BCUT2D eigenvalue weighted by molar-refractivity contribution is 7.07. The second-order valence-corrected chi connectivity index (χ2v) is 11.0. The predicted octanol–water partition coefficient (Wildman–Crippen LogP) is 4.82. The summed E-state index contributed by atoms with van der Waals surface area (Å²) in [4.78, 5) is 32.0. The van der Waals surface area contributed by atoms with Crippen molar-refractivity contribution in [1.82, 2.24) is 9.13 Å². The molecule has 6 rings (SSSR count). The Morgan fingerprint density at radius 1 is 0.977 bits per heavy atom. The number of carbonyl (C=O) groups excluding carboxylic acids is 1. The average Bonchev–Trinajstić information content (AvgIpc) is 3.54. The number of ether oxygens (including phenoxy) is 3. The van der Waals surface area contributed by atoms with Crippen molar-refractivity contribution < 1.29 is 19.0 Å². The van der Waals surface area contributed by atoms with Gasteiger partial charge in [0, 0.05) is 35.4 Å². The normalized spacial score (nSPS) is 14.6. The number of aromatic nitrogens is 2. The Morgan fingerprint density at radius 3 is 2.49 bits per heavy atom. The molecule has 0 aliphatic carbocycles. The number of hydrogen-bond donors (Lipinski definition) is 0. The molecule has 1 atom stereocenters. The molecule has 5 aromatic rings. The van der Waals surface area contributed by atoms with Crippen LogP contribution in [0.25, 0.3) is 17.0 Å². The van der Waals surface area contributed by atoms with Crippen LogP contribution in [0.4, 0.5) is 0 Å². The van der Waals surface area contributed by atoms with Crippen molar-refractivity contribution in [3.05, 3.63) is 127 Å². The van der Waals surface area contributed by atoms with E-state index in [0.29, 0.717) is 46.2 Å². The Hall–Kier alpha value is -4.89. The monoisotopic (exact) mass is 593 g/mol. The third-order valence-electron chi connectivity index (χ3n) is 7.31. The van der Waals surface area contributed by atoms with Gasteiger partial charge in [0.25, 0.3) is 5.56 Å². The maximum atomic E-state index is 14.1. The highest BCUT2D eigenvalue weighted by Gasteiger charge is 2.31. The summed E-state index contributed by atoms with van der Waals surface area (Å²) >= 11 is 1.29. The Morgan fingerprint density at radius 2 is 1.72 bits per heavy atom. The number of esters is 1. The van der Waals surface area contributed by atoms with E-state index < -0.39 is 12.0 Å². The maximum Gasteiger partial charge on any atom is 0.337 e. The molecular weight excluding hydrogens is 562 g/mol. The second kappa shape index (κ2) is 12.1. The zero-order chi connectivity index (χ0) is 29.9. The van der Waals surface area contributed by atoms with E-state index in [1.807, 2.05) is 62.4 Å². The molecule has 0 unspecified atom stereocenters. The number of hydrogen-bond acceptors (Lipinski definition) is 7. The van der Waals surface area contributed by atoms with Crippen LogP contribution in [-0.4, -0.2) is 35.4 Å². The summed E-state index contributed by atoms with van der Waals surface area (Å²) < 4.78 is 21.0. The van der Waals surface area contributed by atoms with Gasteiger partial charge in [-0.25, -0.2) is 9.79 Å². The van der Waals surface area contributed by atoms with E-state index in [1.54, 1.807) is 10.6 Å². The summed E-state index contributed by atoms with van der Waals surface area (Å²) in [5.41, 5.74) is 3.90. The first kappa shape index (κ1) is 28.2. The summed E-state index contributed by atoms with van der Waals surface area (Å²) in [5, 5.41) is 1.05. The lowest BCUT2D eigenvalue weighted by molar-refractivity contribution is -0.136. The van der Waals surface area contributed by atoms with E-state index in [1.165, 1.54) is 30.2 Å². The molecule has 0 N–H and O–H groups in total. The number of rotatable bonds is 9. The fourth-order valence-electron chi connectivity index (χ4n) is 5.43. The third kappa shape index (κ3) is 5.39. The highest BCUT2D eigenvalue weighted by Crippen LogP contribution is 2.35. The van der Waals surface area contributed by atoms with Gasteiger partial charge in [0.2, 0.25) is 0 Å². The number of para-hydroxylation sites is 1. The van der Waals surface area contributed by atoms with Crippen molar-refractivity contribution in [2.45, 2.75) is 26.4 Å². The molecule has 0 bridgehead atoms. The lowest BCUT2D eigenvalue weighted by Crippen LogP contribution is -2.39. The van der Waals surface area contributed by atoms with Gasteiger partial charge in [0.05, 0.1) is 36.5 Å². The first-order valence-corrected chi connectivity index (χ1v) is 14.9. The largest absolute Gasteiger partial charge is 0.490 e. The minimum absolute atomic E-state index is 0.241. The average molecular weight is 594 g/mol. The van der Waals surface area contributed by atoms with Gasteiger partial charge < -0.3 is 18.8 Å². The number of nitrogens with zero attached hydrogens (tertiary/aromatic N) is 3. The minimum Gasteiger partial charge on any atom is -0.490 e. The van der Waals surface area contributed by atoms with Crippen molar-refractivity contribution in [3.63, 3.8) is 0 Å². The van der Waals surface area contributed by atoms with E-state index in [0.717, 1.165) is 16.5 Å². The number of thiazole rings is 1. The van der Waals surface area contributed by atoms with E-state index >= 15 is 0 Å². The molecule has 1 aliphatic heterocycles. The Balaban J connectivity index is 1.49. The van der Waals surface area contributed by atoms with Crippen LogP contribution in [-0.2, 0) is 16.1 Å². The molecule has 3 aromatic carbocycles. The van der Waals surface area contributed by atoms with E-state index in [-0.39, 0.29) is 11.1 Å². The van der Waals surface area contributed by atoms with Gasteiger partial charge in [0.15, 0.2) is 16.3 Å². The van der Waals surface area contributed by atoms with Crippen LogP contribution < -0.4 is 24.4 Å². The highest BCUT2D eigenvalue weighted by atomic mass is 32.1. The van der Waals surface area contributed by atoms with Gasteiger partial charge in [-0.2, -0.15) is 0 Å². The molecule has 0 saturated heterocycles. The van der Waals surface area contributed by atoms with Gasteiger partial charge in [0.1, 0.15) is 0 Å². The van der Waals surface area contributed by atoms with Gasteiger partial charge in [-0.3, -0.25) is 9.36 Å². The number of methoxy groups -OCH3 is 1. The zero-order valence-corrected chi connectivity index (χ0v) is 25.0. The minimum atomic E-state index is -0.750. The smallest absolute Gasteiger partial charge is 0.337 e. The topological polar surface area (TPSA) is 84.0 Å². The molecule has 43 heavy (non-hydrogen) atoms. The second-order valence-electron chi connectivity index (χ2n) is 9.96. The Kier molecular flexibility index (Phi) is 7.98. The molecule has 0 saturated carbocycles. The summed E-state index contributed by atoms with van der Waals surface area (Å²) in [6, 6.07) is 23.1. The van der Waals surface area contributed by atoms with Gasteiger partial charge in [-0.1, -0.05) is 65.9 Å². The molecule has 9 heteroatoms. The predicted molar refractivity (Wildman–Crippen MR) is 167 cm³/mol. The van der Waals surface area contributed by atoms with Crippen LogP contribution in [0.3, 0.4) is 0 Å². The quantitative estimate of drug-likeness (QED) is 0.229. The van der Waals surface area contributed by atoms with Gasteiger partial charge >= 0.3 is 5.97 Å². The van der Waals surface area contributed by atoms with Gasteiger partial charge in [-0.15, -0.1) is 0 Å². The van der Waals surface area contributed by atoms with Crippen LogP contribution in [0.5, 0.6) is 11.5 Å². The first-order valence-electron chi connectivity index (χ1n) is 14.1. The molecule has 0 radical (unpaired) electrons. The van der Waals surface area contributed by atoms with E-state index in [9.17, 15) is 9.59 Å². The molecule has 218 valence electrons. The fourth-order valence-corrected chi connectivity index (χ4v) is 6.39.